The summed E-state index contributed by atoms with van der Waals surface area (Å²) < 4.78 is 0. The summed E-state index contributed by atoms with van der Waals surface area (Å²) >= 11 is 12.3. The number of aromatic nitrogens is 1. The van der Waals surface area contributed by atoms with Gasteiger partial charge in [0.2, 0.25) is 0 Å². The van der Waals surface area contributed by atoms with Crippen molar-refractivity contribution in [2.24, 2.45) is 10.9 Å². The topological polar surface area (TPSA) is 37.3 Å². The molecule has 1 N–H and O–H groups in total. The van der Waals surface area contributed by atoms with E-state index in [1.54, 1.807) is 12.3 Å². The number of rotatable bonds is 2. The molecule has 0 spiro atoms. The first-order valence-corrected chi connectivity index (χ1v) is 8.59. The van der Waals surface area contributed by atoms with Crippen LogP contribution in [0.2, 0.25) is 10.0 Å². The SMILES string of the molecule is C[C@@H]1C2N=C(c3ccccn3)NC2C[C@@H]1c1cc(Cl)cc(Cl)c1. The van der Waals surface area contributed by atoms with E-state index in [4.69, 9.17) is 28.2 Å². The van der Waals surface area contributed by atoms with Crippen LogP contribution in [0.4, 0.5) is 0 Å². The van der Waals surface area contributed by atoms with Crippen LogP contribution in [0, 0.1) is 5.92 Å². The number of nitrogens with one attached hydrogen (secondary N) is 1. The third-order valence-electron chi connectivity index (χ3n) is 4.91. The van der Waals surface area contributed by atoms with Crippen LogP contribution in [0.25, 0.3) is 0 Å². The van der Waals surface area contributed by atoms with E-state index in [0.29, 0.717) is 27.9 Å². The van der Waals surface area contributed by atoms with Gasteiger partial charge in [-0.25, -0.2) is 0 Å². The molecular formula is C18H17Cl2N3. The fourth-order valence-electron chi connectivity index (χ4n) is 3.82. The molecule has 0 saturated heterocycles. The molecule has 1 saturated carbocycles. The van der Waals surface area contributed by atoms with E-state index in [2.05, 4.69) is 17.2 Å². The van der Waals surface area contributed by atoms with Crippen molar-refractivity contribution in [2.45, 2.75) is 31.3 Å². The molecule has 3 nitrogen and oxygen atoms in total. The Morgan fingerprint density at radius 2 is 1.91 bits per heavy atom. The Morgan fingerprint density at radius 1 is 1.13 bits per heavy atom. The minimum atomic E-state index is 0.273. The van der Waals surface area contributed by atoms with Crippen molar-refractivity contribution >= 4 is 29.0 Å². The molecule has 0 amide bonds. The number of hydrogen-bond donors (Lipinski definition) is 1. The predicted molar refractivity (Wildman–Crippen MR) is 94.5 cm³/mol. The molecule has 0 radical (unpaired) electrons. The molecule has 4 atom stereocenters. The molecule has 5 heteroatoms. The van der Waals surface area contributed by atoms with Crippen LogP contribution in [-0.2, 0) is 0 Å². The van der Waals surface area contributed by atoms with Gasteiger partial charge in [-0.2, -0.15) is 0 Å². The number of amidine groups is 1. The van der Waals surface area contributed by atoms with Crippen molar-refractivity contribution in [3.8, 4) is 0 Å². The van der Waals surface area contributed by atoms with E-state index in [1.165, 1.54) is 5.56 Å². The third-order valence-corrected chi connectivity index (χ3v) is 5.35. The lowest BCUT2D eigenvalue weighted by Crippen LogP contribution is -2.32. The van der Waals surface area contributed by atoms with Crippen LogP contribution in [0.5, 0.6) is 0 Å². The summed E-state index contributed by atoms with van der Waals surface area (Å²) in [5.41, 5.74) is 2.12. The highest BCUT2D eigenvalue weighted by molar-refractivity contribution is 6.34. The Labute approximate surface area is 145 Å². The average molecular weight is 346 g/mol. The van der Waals surface area contributed by atoms with E-state index < -0.39 is 0 Å². The van der Waals surface area contributed by atoms with Gasteiger partial charge >= 0.3 is 0 Å². The highest BCUT2D eigenvalue weighted by atomic mass is 35.5. The molecule has 118 valence electrons. The second-order valence-electron chi connectivity index (χ2n) is 6.34. The van der Waals surface area contributed by atoms with Gasteiger partial charge < -0.3 is 5.32 Å². The summed E-state index contributed by atoms with van der Waals surface area (Å²) in [5, 5.41) is 4.94. The van der Waals surface area contributed by atoms with E-state index in [0.717, 1.165) is 18.0 Å². The quantitative estimate of drug-likeness (QED) is 0.880. The highest BCUT2D eigenvalue weighted by Gasteiger charge is 2.45. The van der Waals surface area contributed by atoms with Gasteiger partial charge in [-0.3, -0.25) is 9.98 Å². The zero-order valence-electron chi connectivity index (χ0n) is 12.7. The predicted octanol–water partition coefficient (Wildman–Crippen LogP) is 4.30. The Hall–Kier alpha value is -1.58. The van der Waals surface area contributed by atoms with Crippen LogP contribution in [0.15, 0.2) is 47.6 Å². The number of nitrogens with zero attached hydrogens (tertiary/aromatic N) is 2. The van der Waals surface area contributed by atoms with Crippen LogP contribution in [-0.4, -0.2) is 22.9 Å². The Kier molecular flexibility index (Phi) is 3.78. The first-order chi connectivity index (χ1) is 11.1. The van der Waals surface area contributed by atoms with Crippen molar-refractivity contribution in [3.63, 3.8) is 0 Å². The first-order valence-electron chi connectivity index (χ1n) is 7.83. The van der Waals surface area contributed by atoms with Gasteiger partial charge in [0.25, 0.3) is 0 Å². The molecule has 2 aliphatic rings. The maximum atomic E-state index is 6.16. The standard InChI is InChI=1S/C18H17Cl2N3/c1-10-14(11-6-12(19)8-13(20)7-11)9-16-17(10)23-18(22-16)15-4-2-3-5-21-15/h2-8,10,14,16-17H,9H2,1H3,(H,22,23)/t10-,14-,16?,17?/m0/s1. The summed E-state index contributed by atoms with van der Waals surface area (Å²) in [6.45, 7) is 2.26. The minimum Gasteiger partial charge on any atom is -0.364 e. The minimum absolute atomic E-state index is 0.273. The van der Waals surface area contributed by atoms with Crippen LogP contribution in [0.1, 0.15) is 30.5 Å². The maximum absolute atomic E-state index is 6.16. The average Bonchev–Trinajstić information content (AvgIpc) is 3.07. The number of hydrogen-bond acceptors (Lipinski definition) is 3. The first kappa shape index (κ1) is 15.0. The number of fused-ring (bicyclic) bond motifs is 1. The van der Waals surface area contributed by atoms with E-state index in [1.807, 2.05) is 30.3 Å². The normalized spacial score (nSPS) is 29.1. The number of halogens is 2. The summed E-state index contributed by atoms with van der Waals surface area (Å²) in [6, 6.07) is 12.4. The molecule has 2 heterocycles. The lowest BCUT2D eigenvalue weighted by atomic mass is 9.89. The summed E-state index contributed by atoms with van der Waals surface area (Å²) in [7, 11) is 0. The van der Waals surface area contributed by atoms with Crippen LogP contribution < -0.4 is 5.32 Å². The van der Waals surface area contributed by atoms with Crippen molar-refractivity contribution < 1.29 is 0 Å². The van der Waals surface area contributed by atoms with Gasteiger partial charge in [-0.05, 0) is 54.2 Å². The lowest BCUT2D eigenvalue weighted by Gasteiger charge is -2.18. The molecular weight excluding hydrogens is 329 g/mol. The molecule has 2 unspecified atom stereocenters. The number of benzene rings is 1. The largest absolute Gasteiger partial charge is 0.364 e. The van der Waals surface area contributed by atoms with Crippen molar-refractivity contribution in [1.29, 1.82) is 0 Å². The smallest absolute Gasteiger partial charge is 0.147 e. The van der Waals surface area contributed by atoms with E-state index in [9.17, 15) is 0 Å². The molecule has 1 fully saturated rings. The molecule has 1 aromatic heterocycles. The number of pyridine rings is 1. The van der Waals surface area contributed by atoms with Gasteiger partial charge in [0, 0.05) is 16.2 Å². The maximum Gasteiger partial charge on any atom is 0.147 e. The summed E-state index contributed by atoms with van der Waals surface area (Å²) in [5.74, 6) is 1.76. The Balaban J connectivity index is 1.60. The zero-order chi connectivity index (χ0) is 16.0. The molecule has 1 aromatic carbocycles. The Bertz CT molecular complexity index is 740. The second-order valence-corrected chi connectivity index (χ2v) is 7.21. The van der Waals surface area contributed by atoms with Crippen LogP contribution in [0.3, 0.4) is 0 Å². The molecule has 4 rings (SSSR count). The fourth-order valence-corrected chi connectivity index (χ4v) is 4.36. The number of aliphatic imine (C=N–C) groups is 1. The van der Waals surface area contributed by atoms with Gasteiger partial charge in [0.15, 0.2) is 0 Å². The zero-order valence-corrected chi connectivity index (χ0v) is 14.2. The van der Waals surface area contributed by atoms with Gasteiger partial charge in [-0.15, -0.1) is 0 Å². The summed E-state index contributed by atoms with van der Waals surface area (Å²) in [4.78, 5) is 9.28. The second kappa shape index (κ2) is 5.81. The third kappa shape index (κ3) is 2.73. The Morgan fingerprint density at radius 3 is 2.57 bits per heavy atom. The fraction of sp³-hybridized carbons (Fsp3) is 0.333. The van der Waals surface area contributed by atoms with Gasteiger partial charge in [-0.1, -0.05) is 36.2 Å². The molecule has 23 heavy (non-hydrogen) atoms. The van der Waals surface area contributed by atoms with Gasteiger partial charge in [0.1, 0.15) is 11.5 Å². The van der Waals surface area contributed by atoms with Crippen molar-refractivity contribution in [1.82, 2.24) is 10.3 Å². The highest BCUT2D eigenvalue weighted by Crippen LogP contribution is 2.44. The van der Waals surface area contributed by atoms with Crippen LogP contribution >= 0.6 is 23.2 Å². The summed E-state index contributed by atoms with van der Waals surface area (Å²) in [6.07, 6.45) is 2.83. The molecule has 0 bridgehead atoms. The van der Waals surface area contributed by atoms with Crippen molar-refractivity contribution in [2.75, 3.05) is 0 Å². The molecule has 1 aliphatic heterocycles. The van der Waals surface area contributed by atoms with Crippen molar-refractivity contribution in [3.05, 3.63) is 63.9 Å². The monoisotopic (exact) mass is 345 g/mol. The van der Waals surface area contributed by atoms with E-state index in [-0.39, 0.29) is 6.04 Å². The lowest BCUT2D eigenvalue weighted by molar-refractivity contribution is 0.476. The van der Waals surface area contributed by atoms with E-state index >= 15 is 0 Å². The van der Waals surface area contributed by atoms with Gasteiger partial charge in [0.05, 0.1) is 12.1 Å². The molecule has 2 aromatic rings. The molecule has 1 aliphatic carbocycles.